The lowest BCUT2D eigenvalue weighted by Gasteiger charge is -2.32. The maximum atomic E-state index is 12.8. The van der Waals surface area contributed by atoms with Crippen molar-refractivity contribution in [3.8, 4) is 6.07 Å². The first-order valence-corrected chi connectivity index (χ1v) is 8.89. The summed E-state index contributed by atoms with van der Waals surface area (Å²) in [7, 11) is 4.12. The van der Waals surface area contributed by atoms with Crippen molar-refractivity contribution in [2.75, 3.05) is 33.7 Å². The van der Waals surface area contributed by atoms with Crippen LogP contribution in [0.4, 0.5) is 0 Å². The van der Waals surface area contributed by atoms with Crippen LogP contribution < -0.4 is 0 Å². The third-order valence-corrected chi connectivity index (χ3v) is 4.73. The van der Waals surface area contributed by atoms with Gasteiger partial charge in [-0.25, -0.2) is 9.97 Å². The fourth-order valence-corrected chi connectivity index (χ4v) is 3.32. The molecule has 0 N–H and O–H groups in total. The first kappa shape index (κ1) is 18.1. The van der Waals surface area contributed by atoms with Crippen molar-refractivity contribution in [1.82, 2.24) is 24.3 Å². The third kappa shape index (κ3) is 4.09. The van der Waals surface area contributed by atoms with Crippen LogP contribution in [0.25, 0.3) is 0 Å². The summed E-state index contributed by atoms with van der Waals surface area (Å²) in [4.78, 5) is 25.4. The second-order valence-corrected chi connectivity index (χ2v) is 6.92. The van der Waals surface area contributed by atoms with Gasteiger partial charge >= 0.3 is 0 Å². The minimum absolute atomic E-state index is 0.0295. The quantitative estimate of drug-likeness (QED) is 0.819. The number of pyridine rings is 1. The zero-order valence-electron chi connectivity index (χ0n) is 15.3. The van der Waals surface area contributed by atoms with Crippen LogP contribution in [0.2, 0.25) is 0 Å². The normalized spacial score (nSPS) is 17.3. The summed E-state index contributed by atoms with van der Waals surface area (Å²) in [5.74, 6) is 1.27. The lowest BCUT2D eigenvalue weighted by Crippen LogP contribution is -2.40. The van der Waals surface area contributed by atoms with Gasteiger partial charge in [-0.3, -0.25) is 4.79 Å². The highest BCUT2D eigenvalue weighted by molar-refractivity contribution is 5.94. The van der Waals surface area contributed by atoms with Crippen LogP contribution in [0.5, 0.6) is 0 Å². The number of hydrogen-bond donors (Lipinski definition) is 0. The summed E-state index contributed by atoms with van der Waals surface area (Å²) in [6.45, 7) is 3.26. The molecular formula is C19H24N6O. The van der Waals surface area contributed by atoms with E-state index < -0.39 is 0 Å². The van der Waals surface area contributed by atoms with Crippen LogP contribution in [-0.2, 0) is 6.54 Å². The number of carbonyl (C=O) groups excluding carboxylic acids is 1. The largest absolute Gasteiger partial charge is 0.338 e. The maximum absolute atomic E-state index is 12.8. The molecule has 3 rings (SSSR count). The molecule has 0 spiro atoms. The first-order chi connectivity index (χ1) is 12.6. The van der Waals surface area contributed by atoms with Gasteiger partial charge in [-0.15, -0.1) is 0 Å². The van der Waals surface area contributed by atoms with Gasteiger partial charge in [0, 0.05) is 50.7 Å². The Hall–Kier alpha value is -2.72. The number of imidazole rings is 1. The number of rotatable bonds is 5. The van der Waals surface area contributed by atoms with Crippen molar-refractivity contribution in [3.05, 3.63) is 47.8 Å². The molecular weight excluding hydrogens is 328 g/mol. The fourth-order valence-electron chi connectivity index (χ4n) is 3.32. The highest BCUT2D eigenvalue weighted by Crippen LogP contribution is 2.26. The second kappa shape index (κ2) is 8.11. The number of nitrogens with zero attached hydrogens (tertiary/aromatic N) is 6. The van der Waals surface area contributed by atoms with Gasteiger partial charge in [0.2, 0.25) is 0 Å². The molecule has 0 aliphatic carbocycles. The SMILES string of the molecule is CN(C)CCn1ccnc1[C@@H]1CCCN(C(=O)c2ccc(C#N)nc2)C1. The van der Waals surface area contributed by atoms with Crippen molar-refractivity contribution < 1.29 is 4.79 Å². The Kier molecular flexibility index (Phi) is 5.64. The average molecular weight is 352 g/mol. The molecule has 0 radical (unpaired) electrons. The van der Waals surface area contributed by atoms with Gasteiger partial charge < -0.3 is 14.4 Å². The van der Waals surface area contributed by atoms with Crippen molar-refractivity contribution in [2.45, 2.75) is 25.3 Å². The summed E-state index contributed by atoms with van der Waals surface area (Å²) < 4.78 is 2.20. The number of carbonyl (C=O) groups is 1. The van der Waals surface area contributed by atoms with Gasteiger partial charge in [0.05, 0.1) is 5.56 Å². The molecule has 1 amide bonds. The molecule has 136 valence electrons. The number of aromatic nitrogens is 3. The van der Waals surface area contributed by atoms with Crippen LogP contribution in [0.15, 0.2) is 30.7 Å². The number of nitriles is 1. The summed E-state index contributed by atoms with van der Waals surface area (Å²) in [5, 5.41) is 8.84. The van der Waals surface area contributed by atoms with Gasteiger partial charge in [-0.2, -0.15) is 5.26 Å². The van der Waals surface area contributed by atoms with Gasteiger partial charge in [-0.05, 0) is 39.1 Å². The molecule has 2 aromatic heterocycles. The summed E-state index contributed by atoms with van der Waals surface area (Å²) in [6, 6.07) is 5.24. The lowest BCUT2D eigenvalue weighted by molar-refractivity contribution is 0.0702. The molecule has 0 unspecified atom stereocenters. The Morgan fingerprint density at radius 2 is 2.23 bits per heavy atom. The molecule has 1 aliphatic rings. The topological polar surface area (TPSA) is 78.0 Å². The molecule has 3 heterocycles. The van der Waals surface area contributed by atoms with Gasteiger partial charge in [0.1, 0.15) is 17.6 Å². The molecule has 1 fully saturated rings. The van der Waals surface area contributed by atoms with Crippen molar-refractivity contribution in [1.29, 1.82) is 5.26 Å². The third-order valence-electron chi connectivity index (χ3n) is 4.73. The highest BCUT2D eigenvalue weighted by Gasteiger charge is 2.28. The van der Waals surface area contributed by atoms with E-state index in [1.54, 1.807) is 12.1 Å². The smallest absolute Gasteiger partial charge is 0.255 e. The van der Waals surface area contributed by atoms with E-state index in [1.807, 2.05) is 23.4 Å². The molecule has 1 aliphatic heterocycles. The zero-order valence-corrected chi connectivity index (χ0v) is 15.3. The monoisotopic (exact) mass is 352 g/mol. The van der Waals surface area contributed by atoms with Crippen LogP contribution in [-0.4, -0.2) is 64.0 Å². The summed E-state index contributed by atoms with van der Waals surface area (Å²) in [6.07, 6.45) is 7.35. The van der Waals surface area contributed by atoms with E-state index in [2.05, 4.69) is 33.5 Å². The van der Waals surface area contributed by atoms with E-state index in [4.69, 9.17) is 5.26 Å². The van der Waals surface area contributed by atoms with E-state index in [0.29, 0.717) is 17.8 Å². The predicted octanol–water partition coefficient (Wildman–Crippen LogP) is 1.73. The van der Waals surface area contributed by atoms with E-state index >= 15 is 0 Å². The Morgan fingerprint density at radius 3 is 2.92 bits per heavy atom. The molecule has 7 heteroatoms. The van der Waals surface area contributed by atoms with Crippen LogP contribution in [0.1, 0.15) is 40.6 Å². The van der Waals surface area contributed by atoms with Crippen molar-refractivity contribution in [3.63, 3.8) is 0 Å². The van der Waals surface area contributed by atoms with Crippen LogP contribution in [0.3, 0.4) is 0 Å². The maximum Gasteiger partial charge on any atom is 0.255 e. The molecule has 26 heavy (non-hydrogen) atoms. The molecule has 1 saturated heterocycles. The lowest BCUT2D eigenvalue weighted by atomic mass is 9.96. The van der Waals surface area contributed by atoms with Gasteiger partial charge in [0.25, 0.3) is 5.91 Å². The minimum atomic E-state index is -0.0295. The number of likely N-dealkylation sites (tertiary alicyclic amines) is 1. The highest BCUT2D eigenvalue weighted by atomic mass is 16.2. The van der Waals surface area contributed by atoms with Crippen LogP contribution in [0, 0.1) is 11.3 Å². The van der Waals surface area contributed by atoms with E-state index in [1.165, 1.54) is 6.20 Å². The molecule has 1 atom stereocenters. The Bertz CT molecular complexity index is 789. The second-order valence-electron chi connectivity index (χ2n) is 6.92. The first-order valence-electron chi connectivity index (χ1n) is 8.89. The van der Waals surface area contributed by atoms with Crippen LogP contribution >= 0.6 is 0 Å². The number of likely N-dealkylation sites (N-methyl/N-ethyl adjacent to an activating group) is 1. The van der Waals surface area contributed by atoms with E-state index in [0.717, 1.165) is 38.3 Å². The van der Waals surface area contributed by atoms with Gasteiger partial charge in [-0.1, -0.05) is 0 Å². The van der Waals surface area contributed by atoms with Crippen molar-refractivity contribution in [2.24, 2.45) is 0 Å². The summed E-state index contributed by atoms with van der Waals surface area (Å²) >= 11 is 0. The molecule has 2 aromatic rings. The van der Waals surface area contributed by atoms with Gasteiger partial charge in [0.15, 0.2) is 0 Å². The standard InChI is InChI=1S/C19H24N6O/c1-23(2)10-11-24-9-7-21-18(24)16-4-3-8-25(14-16)19(26)15-5-6-17(12-20)22-13-15/h5-7,9,13,16H,3-4,8,10-11,14H2,1-2H3/t16-/m1/s1. The molecule has 7 nitrogen and oxygen atoms in total. The summed E-state index contributed by atoms with van der Waals surface area (Å²) in [5.41, 5.74) is 0.849. The number of hydrogen-bond acceptors (Lipinski definition) is 5. The molecule has 0 saturated carbocycles. The Morgan fingerprint density at radius 1 is 1.38 bits per heavy atom. The molecule has 0 aromatic carbocycles. The zero-order chi connectivity index (χ0) is 18.5. The van der Waals surface area contributed by atoms with E-state index in [9.17, 15) is 4.79 Å². The van der Waals surface area contributed by atoms with E-state index in [-0.39, 0.29) is 11.8 Å². The fraction of sp³-hybridized carbons (Fsp3) is 0.474. The number of amides is 1. The number of piperidine rings is 1. The molecule has 0 bridgehead atoms. The average Bonchev–Trinajstić information content (AvgIpc) is 3.14. The minimum Gasteiger partial charge on any atom is -0.338 e. The predicted molar refractivity (Wildman–Crippen MR) is 97.6 cm³/mol. The Balaban J connectivity index is 1.70. The Labute approximate surface area is 153 Å². The van der Waals surface area contributed by atoms with Crippen molar-refractivity contribution >= 4 is 5.91 Å².